The number of rotatable bonds is 3. The molecule has 112 valence electrons. The molecular weight excluding hydrogens is 290 g/mol. The molecular formula is C17H13N5O. The van der Waals surface area contributed by atoms with E-state index in [0.717, 1.165) is 11.3 Å². The summed E-state index contributed by atoms with van der Waals surface area (Å²) in [6.45, 7) is 0.450. The third kappa shape index (κ3) is 2.50. The van der Waals surface area contributed by atoms with Crippen molar-refractivity contribution in [3.8, 4) is 5.69 Å². The van der Waals surface area contributed by atoms with Crippen molar-refractivity contribution in [2.24, 2.45) is 0 Å². The van der Waals surface area contributed by atoms with Crippen molar-refractivity contribution in [3.05, 3.63) is 83.3 Å². The zero-order valence-corrected chi connectivity index (χ0v) is 12.2. The van der Waals surface area contributed by atoms with Crippen molar-refractivity contribution >= 4 is 11.0 Å². The number of aromatic nitrogens is 5. The van der Waals surface area contributed by atoms with Crippen molar-refractivity contribution in [3.63, 3.8) is 0 Å². The first-order chi connectivity index (χ1) is 11.3. The van der Waals surface area contributed by atoms with Crippen LogP contribution in [0.4, 0.5) is 0 Å². The van der Waals surface area contributed by atoms with Gasteiger partial charge in [-0.3, -0.25) is 9.36 Å². The fourth-order valence-corrected chi connectivity index (χ4v) is 2.53. The number of pyridine rings is 1. The number of nitrogens with zero attached hydrogens (tertiary/aromatic N) is 5. The van der Waals surface area contributed by atoms with Crippen LogP contribution >= 0.6 is 0 Å². The van der Waals surface area contributed by atoms with Crippen LogP contribution in [0.15, 0.2) is 72.2 Å². The van der Waals surface area contributed by atoms with Gasteiger partial charge in [0.05, 0.1) is 17.6 Å². The van der Waals surface area contributed by atoms with Crippen LogP contribution in [-0.4, -0.2) is 24.3 Å². The Hall–Kier alpha value is -3.28. The second-order valence-electron chi connectivity index (χ2n) is 5.17. The highest BCUT2D eigenvalue weighted by molar-refractivity contribution is 5.72. The molecule has 0 spiro atoms. The molecule has 6 heteroatoms. The largest absolute Gasteiger partial charge is 0.294 e. The molecule has 23 heavy (non-hydrogen) atoms. The lowest BCUT2D eigenvalue weighted by Crippen LogP contribution is -2.21. The van der Waals surface area contributed by atoms with Crippen LogP contribution in [0.3, 0.4) is 0 Å². The Kier molecular flexibility index (Phi) is 3.20. The zero-order valence-electron chi connectivity index (χ0n) is 12.2. The molecule has 0 bridgehead atoms. The lowest BCUT2D eigenvalue weighted by molar-refractivity contribution is 0.744. The molecule has 0 saturated heterocycles. The van der Waals surface area contributed by atoms with Gasteiger partial charge in [-0.2, -0.15) is 5.10 Å². The molecule has 4 aromatic rings. The predicted molar refractivity (Wildman–Crippen MR) is 86.5 cm³/mol. The van der Waals surface area contributed by atoms with Gasteiger partial charge in [0.1, 0.15) is 6.33 Å². The molecule has 0 amide bonds. The minimum absolute atomic E-state index is 0.0902. The minimum Gasteiger partial charge on any atom is -0.294 e. The van der Waals surface area contributed by atoms with Crippen LogP contribution in [0, 0.1) is 0 Å². The smallest absolute Gasteiger partial charge is 0.263 e. The average molecular weight is 303 g/mol. The molecule has 0 unspecified atom stereocenters. The van der Waals surface area contributed by atoms with Gasteiger partial charge in [-0.25, -0.2) is 14.6 Å². The summed E-state index contributed by atoms with van der Waals surface area (Å²) in [5.41, 5.74) is 2.34. The van der Waals surface area contributed by atoms with E-state index in [9.17, 15) is 4.79 Å². The summed E-state index contributed by atoms with van der Waals surface area (Å²) in [5.74, 6) is 0. The molecule has 3 aromatic heterocycles. The number of fused-ring (bicyclic) bond motifs is 1. The molecule has 0 aliphatic heterocycles. The zero-order chi connectivity index (χ0) is 15.6. The van der Waals surface area contributed by atoms with Crippen LogP contribution in [0.5, 0.6) is 0 Å². The molecule has 0 radical (unpaired) electrons. The van der Waals surface area contributed by atoms with E-state index in [0.29, 0.717) is 17.6 Å². The standard InChI is InChI=1S/C17H13N5O/c23-17-15-6-2-7-18-16(15)19-12-21(17)11-13-4-1-5-14(10-13)22-9-3-8-20-22/h1-10,12H,11H2. The van der Waals surface area contributed by atoms with E-state index in [1.54, 1.807) is 33.8 Å². The van der Waals surface area contributed by atoms with Gasteiger partial charge in [0, 0.05) is 18.6 Å². The summed E-state index contributed by atoms with van der Waals surface area (Å²) in [4.78, 5) is 20.9. The Labute approximate surface area is 131 Å². The lowest BCUT2D eigenvalue weighted by atomic mass is 10.2. The summed E-state index contributed by atoms with van der Waals surface area (Å²) in [6.07, 6.45) is 6.79. The molecule has 1 aromatic carbocycles. The fourth-order valence-electron chi connectivity index (χ4n) is 2.53. The van der Waals surface area contributed by atoms with E-state index in [2.05, 4.69) is 15.1 Å². The quantitative estimate of drug-likeness (QED) is 0.581. The van der Waals surface area contributed by atoms with Crippen LogP contribution in [0.2, 0.25) is 0 Å². The van der Waals surface area contributed by atoms with E-state index < -0.39 is 0 Å². The van der Waals surface area contributed by atoms with Gasteiger partial charge >= 0.3 is 0 Å². The normalized spacial score (nSPS) is 11.0. The molecule has 3 heterocycles. The highest BCUT2D eigenvalue weighted by atomic mass is 16.1. The molecule has 6 nitrogen and oxygen atoms in total. The second kappa shape index (κ2) is 5.49. The van der Waals surface area contributed by atoms with E-state index in [-0.39, 0.29) is 5.56 Å². The summed E-state index contributed by atoms with van der Waals surface area (Å²) in [5, 5.41) is 4.75. The molecule has 0 N–H and O–H groups in total. The third-order valence-electron chi connectivity index (χ3n) is 3.63. The Bertz CT molecular complexity index is 1020. The summed E-state index contributed by atoms with van der Waals surface area (Å²) >= 11 is 0. The second-order valence-corrected chi connectivity index (χ2v) is 5.17. The monoisotopic (exact) mass is 303 g/mol. The molecule has 0 saturated carbocycles. The summed E-state index contributed by atoms with van der Waals surface area (Å²) in [7, 11) is 0. The average Bonchev–Trinajstić information content (AvgIpc) is 3.13. The molecule has 0 aliphatic carbocycles. The van der Waals surface area contributed by atoms with Gasteiger partial charge < -0.3 is 0 Å². The van der Waals surface area contributed by atoms with Gasteiger partial charge in [-0.15, -0.1) is 0 Å². The van der Waals surface area contributed by atoms with Crippen LogP contribution in [0.1, 0.15) is 5.56 Å². The van der Waals surface area contributed by atoms with Crippen molar-refractivity contribution in [2.75, 3.05) is 0 Å². The number of hydrogen-bond donors (Lipinski definition) is 0. The van der Waals surface area contributed by atoms with Gasteiger partial charge in [0.15, 0.2) is 5.65 Å². The molecule has 0 atom stereocenters. The Morgan fingerprint density at radius 1 is 1.00 bits per heavy atom. The van der Waals surface area contributed by atoms with Crippen LogP contribution < -0.4 is 5.56 Å². The van der Waals surface area contributed by atoms with Crippen LogP contribution in [0.25, 0.3) is 16.7 Å². The first-order valence-corrected chi connectivity index (χ1v) is 7.20. The maximum Gasteiger partial charge on any atom is 0.263 e. The van der Waals surface area contributed by atoms with Crippen molar-refractivity contribution < 1.29 is 0 Å². The van der Waals surface area contributed by atoms with E-state index in [1.165, 1.54) is 6.33 Å². The summed E-state index contributed by atoms with van der Waals surface area (Å²) in [6, 6.07) is 13.3. The lowest BCUT2D eigenvalue weighted by Gasteiger charge is -2.08. The van der Waals surface area contributed by atoms with Gasteiger partial charge in [-0.05, 0) is 35.9 Å². The van der Waals surface area contributed by atoms with E-state index >= 15 is 0 Å². The Morgan fingerprint density at radius 3 is 2.83 bits per heavy atom. The van der Waals surface area contributed by atoms with Crippen LogP contribution in [-0.2, 0) is 6.54 Å². The fraction of sp³-hybridized carbons (Fsp3) is 0.0588. The maximum atomic E-state index is 12.5. The number of hydrogen-bond acceptors (Lipinski definition) is 4. The Morgan fingerprint density at radius 2 is 1.96 bits per heavy atom. The topological polar surface area (TPSA) is 65.6 Å². The SMILES string of the molecule is O=c1c2cccnc2ncn1Cc1cccc(-n2cccn2)c1. The van der Waals surface area contributed by atoms with Crippen molar-refractivity contribution in [1.29, 1.82) is 0 Å². The first kappa shape index (κ1) is 13.4. The van der Waals surface area contributed by atoms with Gasteiger partial charge in [0.2, 0.25) is 0 Å². The maximum absolute atomic E-state index is 12.5. The predicted octanol–water partition coefficient (Wildman–Crippen LogP) is 2.03. The van der Waals surface area contributed by atoms with Crippen molar-refractivity contribution in [2.45, 2.75) is 6.54 Å². The van der Waals surface area contributed by atoms with Gasteiger partial charge in [0.25, 0.3) is 5.56 Å². The van der Waals surface area contributed by atoms with E-state index in [1.807, 2.05) is 36.5 Å². The summed E-state index contributed by atoms with van der Waals surface area (Å²) < 4.78 is 3.38. The molecule has 0 aliphatic rings. The highest BCUT2D eigenvalue weighted by Crippen LogP contribution is 2.11. The van der Waals surface area contributed by atoms with E-state index in [4.69, 9.17) is 0 Å². The molecule has 4 rings (SSSR count). The first-order valence-electron chi connectivity index (χ1n) is 7.20. The third-order valence-corrected chi connectivity index (χ3v) is 3.63. The van der Waals surface area contributed by atoms with Crippen molar-refractivity contribution in [1.82, 2.24) is 24.3 Å². The highest BCUT2D eigenvalue weighted by Gasteiger charge is 2.06. The van der Waals surface area contributed by atoms with Gasteiger partial charge in [-0.1, -0.05) is 12.1 Å². The Balaban J connectivity index is 1.73. The molecule has 0 fully saturated rings. The minimum atomic E-state index is -0.0902. The number of benzene rings is 1.